The molecule has 1 aromatic carbocycles. The highest BCUT2D eigenvalue weighted by Crippen LogP contribution is 2.57. The number of fused-ring (bicyclic) bond motifs is 1. The molecule has 1 saturated carbocycles. The third-order valence-electron chi connectivity index (χ3n) is 7.29. The van der Waals surface area contributed by atoms with Crippen molar-refractivity contribution in [3.05, 3.63) is 35.9 Å². The second-order valence-electron chi connectivity index (χ2n) is 10.2. The van der Waals surface area contributed by atoms with Crippen LogP contribution in [-0.2, 0) is 25.4 Å². The van der Waals surface area contributed by atoms with Gasteiger partial charge in [-0.05, 0) is 36.5 Å². The van der Waals surface area contributed by atoms with Crippen LogP contribution in [0.3, 0.4) is 0 Å². The van der Waals surface area contributed by atoms with E-state index in [1.807, 2.05) is 37.3 Å². The van der Waals surface area contributed by atoms with E-state index in [1.54, 1.807) is 0 Å². The summed E-state index contributed by atoms with van der Waals surface area (Å²) >= 11 is 0. The van der Waals surface area contributed by atoms with Gasteiger partial charge in [-0.15, -0.1) is 0 Å². The Morgan fingerprint density at radius 2 is 1.93 bits per heavy atom. The van der Waals surface area contributed by atoms with Gasteiger partial charge in [0.1, 0.15) is 0 Å². The Balaban J connectivity index is 1.84. The summed E-state index contributed by atoms with van der Waals surface area (Å²) in [5.74, 6) is -1.02. The van der Waals surface area contributed by atoms with Crippen molar-refractivity contribution in [2.24, 2.45) is 10.6 Å². The van der Waals surface area contributed by atoms with Gasteiger partial charge in [0.2, 0.25) is 0 Å². The zero-order valence-electron chi connectivity index (χ0n) is 19.0. The lowest BCUT2D eigenvalue weighted by molar-refractivity contribution is -0.131. The number of rotatable bonds is 8. The molecule has 0 bridgehead atoms. The molecule has 166 valence electrons. The Labute approximate surface area is 180 Å². The van der Waals surface area contributed by atoms with Gasteiger partial charge in [0, 0.05) is 6.42 Å². The van der Waals surface area contributed by atoms with Crippen LogP contribution in [0.2, 0.25) is 18.1 Å². The van der Waals surface area contributed by atoms with E-state index >= 15 is 0 Å². The molecule has 1 aliphatic heterocycles. The van der Waals surface area contributed by atoms with Gasteiger partial charge < -0.3 is 19.1 Å². The van der Waals surface area contributed by atoms with Crippen molar-refractivity contribution in [3.63, 3.8) is 0 Å². The van der Waals surface area contributed by atoms with Gasteiger partial charge in [-0.3, -0.25) is 0 Å². The van der Waals surface area contributed by atoms with E-state index in [4.69, 9.17) is 14.0 Å². The third-order valence-corrected chi connectivity index (χ3v) is 11.8. The lowest BCUT2D eigenvalue weighted by Crippen LogP contribution is -2.50. The Morgan fingerprint density at radius 1 is 1.27 bits per heavy atom. The molecule has 0 unspecified atom stereocenters. The lowest BCUT2D eigenvalue weighted by atomic mass is 9.69. The van der Waals surface area contributed by atoms with Crippen molar-refractivity contribution >= 4 is 20.0 Å². The SMILES string of the molecule is CC[C@]12C[C@H](O[Si](C)(C)C(C)(C)C)C[C@@]1(COCc1ccccc1)ON=C2C(=O)O. The molecule has 3 rings (SSSR count). The predicted molar refractivity (Wildman–Crippen MR) is 119 cm³/mol. The van der Waals surface area contributed by atoms with E-state index in [0.29, 0.717) is 25.9 Å². The number of carboxylic acid groups (broad SMARTS) is 1. The number of carboxylic acids is 1. The van der Waals surface area contributed by atoms with Gasteiger partial charge >= 0.3 is 5.97 Å². The minimum atomic E-state index is -2.01. The highest BCUT2D eigenvalue weighted by atomic mass is 28.4. The maximum absolute atomic E-state index is 12.0. The summed E-state index contributed by atoms with van der Waals surface area (Å²) in [6.45, 7) is 13.8. The van der Waals surface area contributed by atoms with Crippen molar-refractivity contribution in [1.82, 2.24) is 0 Å². The average molecular weight is 434 g/mol. The summed E-state index contributed by atoms with van der Waals surface area (Å²) in [5, 5.41) is 13.9. The summed E-state index contributed by atoms with van der Waals surface area (Å²) in [5.41, 5.74) is -0.338. The normalized spacial score (nSPS) is 28.7. The van der Waals surface area contributed by atoms with Crippen molar-refractivity contribution in [3.8, 4) is 0 Å². The lowest BCUT2D eigenvalue weighted by Gasteiger charge is -2.38. The largest absolute Gasteiger partial charge is 0.477 e. The first-order valence-electron chi connectivity index (χ1n) is 10.8. The summed E-state index contributed by atoms with van der Waals surface area (Å²) in [6.07, 6.45) is 1.72. The number of hydrogen-bond acceptors (Lipinski definition) is 5. The van der Waals surface area contributed by atoms with E-state index in [1.165, 1.54) is 0 Å². The number of nitrogens with zero attached hydrogens (tertiary/aromatic N) is 1. The van der Waals surface area contributed by atoms with Crippen LogP contribution in [0.5, 0.6) is 0 Å². The fourth-order valence-corrected chi connectivity index (χ4v) is 5.91. The highest BCUT2D eigenvalue weighted by Gasteiger charge is 2.68. The minimum Gasteiger partial charge on any atom is -0.477 e. The van der Waals surface area contributed by atoms with E-state index < -0.39 is 25.3 Å². The van der Waals surface area contributed by atoms with Crippen molar-refractivity contribution in [2.75, 3.05) is 6.61 Å². The fourth-order valence-electron chi connectivity index (χ4n) is 4.55. The quantitative estimate of drug-likeness (QED) is 0.584. The van der Waals surface area contributed by atoms with Crippen LogP contribution in [0.15, 0.2) is 35.5 Å². The molecular weight excluding hydrogens is 398 g/mol. The molecule has 2 aliphatic rings. The highest BCUT2D eigenvalue weighted by molar-refractivity contribution is 6.74. The van der Waals surface area contributed by atoms with Crippen LogP contribution >= 0.6 is 0 Å². The van der Waals surface area contributed by atoms with Crippen molar-refractivity contribution in [2.45, 2.75) is 83.4 Å². The number of benzene rings is 1. The fraction of sp³-hybridized carbons (Fsp3) is 0.652. The third kappa shape index (κ3) is 3.95. The molecule has 6 nitrogen and oxygen atoms in total. The average Bonchev–Trinajstić information content (AvgIpc) is 3.11. The number of ether oxygens (including phenoxy) is 1. The zero-order valence-corrected chi connectivity index (χ0v) is 20.0. The smallest absolute Gasteiger partial charge is 0.354 e. The molecule has 0 spiro atoms. The van der Waals surface area contributed by atoms with E-state index in [2.05, 4.69) is 39.0 Å². The van der Waals surface area contributed by atoms with E-state index in [0.717, 1.165) is 5.56 Å². The molecule has 1 aliphatic carbocycles. The van der Waals surface area contributed by atoms with E-state index in [-0.39, 0.29) is 23.5 Å². The number of aliphatic carboxylic acids is 1. The minimum absolute atomic E-state index is 0.0731. The van der Waals surface area contributed by atoms with Crippen LogP contribution < -0.4 is 0 Å². The van der Waals surface area contributed by atoms with Crippen LogP contribution in [-0.4, -0.2) is 43.4 Å². The molecule has 0 saturated heterocycles. The maximum Gasteiger partial charge on any atom is 0.354 e. The molecule has 7 heteroatoms. The van der Waals surface area contributed by atoms with Gasteiger partial charge in [0.05, 0.1) is 24.7 Å². The number of oxime groups is 1. The van der Waals surface area contributed by atoms with Crippen molar-refractivity contribution < 1.29 is 23.9 Å². The first-order valence-corrected chi connectivity index (χ1v) is 13.7. The van der Waals surface area contributed by atoms with Gasteiger partial charge in [-0.1, -0.05) is 63.2 Å². The Bertz CT molecular complexity index is 804. The molecule has 0 amide bonds. The summed E-state index contributed by atoms with van der Waals surface area (Å²) in [4.78, 5) is 17.9. The first-order chi connectivity index (χ1) is 14.0. The van der Waals surface area contributed by atoms with Crippen LogP contribution in [0.1, 0.15) is 52.5 Å². The summed E-state index contributed by atoms with van der Waals surface area (Å²) in [6, 6.07) is 9.94. The molecule has 1 aromatic rings. The van der Waals surface area contributed by atoms with Crippen LogP contribution in [0.25, 0.3) is 0 Å². The number of hydrogen-bond donors (Lipinski definition) is 1. The Kier molecular flexibility index (Phi) is 6.20. The maximum atomic E-state index is 12.0. The second-order valence-corrected chi connectivity index (χ2v) is 14.9. The molecule has 0 radical (unpaired) electrons. The summed E-state index contributed by atoms with van der Waals surface area (Å²) in [7, 11) is -2.01. The number of carbonyl (C=O) groups is 1. The van der Waals surface area contributed by atoms with Crippen LogP contribution in [0, 0.1) is 5.41 Å². The zero-order chi connectivity index (χ0) is 22.2. The molecular formula is C23H35NO5Si. The Hall–Kier alpha value is -1.70. The van der Waals surface area contributed by atoms with Crippen LogP contribution in [0.4, 0.5) is 0 Å². The Morgan fingerprint density at radius 3 is 2.50 bits per heavy atom. The molecule has 1 heterocycles. The molecule has 1 fully saturated rings. The van der Waals surface area contributed by atoms with Gasteiger partial charge in [-0.2, -0.15) is 0 Å². The predicted octanol–water partition coefficient (Wildman–Crippen LogP) is 4.99. The second kappa shape index (κ2) is 8.09. The topological polar surface area (TPSA) is 77.3 Å². The summed E-state index contributed by atoms with van der Waals surface area (Å²) < 4.78 is 12.8. The molecule has 30 heavy (non-hydrogen) atoms. The van der Waals surface area contributed by atoms with E-state index in [9.17, 15) is 9.90 Å². The molecule has 0 aromatic heterocycles. The standard InChI is InChI=1S/C23H35NO5Si/c1-7-22-13-18(28-30(5,6)21(2,3)4)14-23(22,29-24-19(22)20(25)26)16-27-15-17-11-9-8-10-12-17/h8-12,18H,7,13-16H2,1-6H3,(H,25,26)/t18-,22+,23-/m0/s1. The first kappa shape index (κ1) is 23.0. The van der Waals surface area contributed by atoms with Gasteiger partial charge in [0.15, 0.2) is 19.6 Å². The van der Waals surface area contributed by atoms with Crippen molar-refractivity contribution in [1.29, 1.82) is 0 Å². The van der Waals surface area contributed by atoms with Gasteiger partial charge in [0.25, 0.3) is 0 Å². The monoisotopic (exact) mass is 433 g/mol. The van der Waals surface area contributed by atoms with Gasteiger partial charge in [-0.25, -0.2) is 4.79 Å². The molecule has 1 N–H and O–H groups in total. The molecule has 3 atom stereocenters.